The molecule has 3 aromatic rings. The quantitative estimate of drug-likeness (QED) is 0.729. The molecule has 0 unspecified atom stereocenters. The Morgan fingerprint density at radius 2 is 1.42 bits per heavy atom. The summed E-state index contributed by atoms with van der Waals surface area (Å²) in [4.78, 5) is 25.4. The van der Waals surface area contributed by atoms with Gasteiger partial charge in [-0.05, 0) is 36.4 Å². The maximum atomic E-state index is 12.7. The number of carbonyl (C=O) groups is 1. The smallest absolute Gasteiger partial charge is 0.272 e. The highest BCUT2D eigenvalue weighted by Gasteiger charge is 2.39. The first-order valence-electron chi connectivity index (χ1n) is 7.38. The fraction of sp³-hybridized carbons (Fsp3) is 0.111. The number of amides is 1. The highest BCUT2D eigenvalue weighted by molar-refractivity contribution is 5.92. The summed E-state index contributed by atoms with van der Waals surface area (Å²) in [6.45, 7) is 0. The van der Waals surface area contributed by atoms with Crippen molar-refractivity contribution in [2.75, 3.05) is 7.11 Å². The zero-order valence-electron chi connectivity index (χ0n) is 13.1. The molecule has 0 atom stereocenters. The monoisotopic (exact) mass is 320 g/mol. The number of carbonyl (C=O) groups excluding carboxylic acids is 1. The maximum absolute atomic E-state index is 12.7. The van der Waals surface area contributed by atoms with E-state index in [4.69, 9.17) is 4.74 Å². The van der Waals surface area contributed by atoms with Crippen LogP contribution in [0, 0.1) is 0 Å². The van der Waals surface area contributed by atoms with Gasteiger partial charge < -0.3 is 10.1 Å². The summed E-state index contributed by atoms with van der Waals surface area (Å²) in [6.07, 6.45) is 4.84. The number of nitrogens with one attached hydrogen (secondary N) is 1. The molecule has 0 fully saturated rings. The van der Waals surface area contributed by atoms with Gasteiger partial charge in [0.25, 0.3) is 5.91 Å². The van der Waals surface area contributed by atoms with Gasteiger partial charge in [-0.15, -0.1) is 0 Å². The number of hydrogen-bond donors (Lipinski definition) is 1. The summed E-state index contributed by atoms with van der Waals surface area (Å²) < 4.78 is 5.72. The molecule has 0 saturated carbocycles. The SMILES string of the molecule is COC(NC(=O)c1ccccn1)(c1ccccn1)c1ccccn1. The Morgan fingerprint density at radius 1 is 0.875 bits per heavy atom. The fourth-order valence-electron chi connectivity index (χ4n) is 2.38. The Morgan fingerprint density at radius 3 is 1.83 bits per heavy atom. The number of ether oxygens (including phenoxy) is 1. The number of rotatable bonds is 5. The average molecular weight is 320 g/mol. The van der Waals surface area contributed by atoms with Crippen LogP contribution in [-0.4, -0.2) is 28.0 Å². The van der Waals surface area contributed by atoms with Crippen molar-refractivity contribution in [1.29, 1.82) is 0 Å². The molecule has 6 heteroatoms. The molecule has 1 amide bonds. The van der Waals surface area contributed by atoms with E-state index < -0.39 is 5.72 Å². The lowest BCUT2D eigenvalue weighted by atomic mass is 10.0. The summed E-state index contributed by atoms with van der Waals surface area (Å²) in [7, 11) is 1.50. The van der Waals surface area contributed by atoms with Crippen molar-refractivity contribution in [2.45, 2.75) is 5.72 Å². The topological polar surface area (TPSA) is 77.0 Å². The van der Waals surface area contributed by atoms with E-state index in [0.29, 0.717) is 11.4 Å². The van der Waals surface area contributed by atoms with Crippen LogP contribution in [0.15, 0.2) is 73.2 Å². The molecule has 0 aliphatic heterocycles. The van der Waals surface area contributed by atoms with Crippen LogP contribution >= 0.6 is 0 Å². The minimum atomic E-state index is -1.31. The van der Waals surface area contributed by atoms with Crippen LogP contribution < -0.4 is 5.32 Å². The second-order valence-corrected chi connectivity index (χ2v) is 4.98. The number of aromatic nitrogens is 3. The molecule has 3 aromatic heterocycles. The van der Waals surface area contributed by atoms with E-state index in [1.54, 1.807) is 61.1 Å². The van der Waals surface area contributed by atoms with Gasteiger partial charge in [0.15, 0.2) is 0 Å². The third-order valence-corrected chi connectivity index (χ3v) is 3.54. The van der Waals surface area contributed by atoms with Gasteiger partial charge >= 0.3 is 0 Å². The highest BCUT2D eigenvalue weighted by atomic mass is 16.5. The van der Waals surface area contributed by atoms with Gasteiger partial charge in [0.1, 0.15) is 5.69 Å². The first-order chi connectivity index (χ1) is 11.8. The molecule has 0 aliphatic carbocycles. The molecule has 0 bridgehead atoms. The summed E-state index contributed by atoms with van der Waals surface area (Å²) in [6, 6.07) is 15.9. The van der Waals surface area contributed by atoms with E-state index in [-0.39, 0.29) is 11.6 Å². The first kappa shape index (κ1) is 15.8. The second-order valence-electron chi connectivity index (χ2n) is 4.98. The Labute approximate surface area is 139 Å². The largest absolute Gasteiger partial charge is 0.348 e. The van der Waals surface area contributed by atoms with Crippen LogP contribution in [0.5, 0.6) is 0 Å². The number of nitrogens with zero attached hydrogens (tertiary/aromatic N) is 3. The molecule has 0 aliphatic rings. The van der Waals surface area contributed by atoms with E-state index in [2.05, 4.69) is 20.3 Å². The Kier molecular flexibility index (Phi) is 4.58. The second kappa shape index (κ2) is 6.97. The van der Waals surface area contributed by atoms with Crippen molar-refractivity contribution in [3.63, 3.8) is 0 Å². The standard InChI is InChI=1S/C18H16N4O2/c1-24-18(15-9-3-6-12-20-15,16-10-4-7-13-21-16)22-17(23)14-8-2-5-11-19-14/h2-13H,1H3,(H,22,23). The number of methoxy groups -OCH3 is 1. The van der Waals surface area contributed by atoms with Crippen molar-refractivity contribution in [2.24, 2.45) is 0 Å². The van der Waals surface area contributed by atoms with Gasteiger partial charge in [-0.1, -0.05) is 18.2 Å². The lowest BCUT2D eigenvalue weighted by Crippen LogP contribution is -2.49. The molecule has 1 N–H and O–H groups in total. The Bertz CT molecular complexity index is 756. The van der Waals surface area contributed by atoms with E-state index in [1.165, 1.54) is 7.11 Å². The van der Waals surface area contributed by atoms with Gasteiger partial charge in [-0.25, -0.2) is 0 Å². The van der Waals surface area contributed by atoms with E-state index in [0.717, 1.165) is 0 Å². The van der Waals surface area contributed by atoms with Gasteiger partial charge in [0.05, 0.1) is 11.4 Å². The van der Waals surface area contributed by atoms with Gasteiger partial charge in [0, 0.05) is 25.7 Å². The normalized spacial score (nSPS) is 11.0. The molecule has 3 rings (SSSR count). The minimum Gasteiger partial charge on any atom is -0.348 e. The van der Waals surface area contributed by atoms with Crippen molar-refractivity contribution >= 4 is 5.91 Å². The van der Waals surface area contributed by atoms with Crippen LogP contribution in [0.2, 0.25) is 0 Å². The molecular formula is C18H16N4O2. The average Bonchev–Trinajstić information content (AvgIpc) is 2.68. The maximum Gasteiger partial charge on any atom is 0.272 e. The summed E-state index contributed by atoms with van der Waals surface area (Å²) in [5, 5.41) is 2.88. The van der Waals surface area contributed by atoms with Gasteiger partial charge in [-0.3, -0.25) is 19.7 Å². The molecule has 3 heterocycles. The number of pyridine rings is 3. The lowest BCUT2D eigenvalue weighted by Gasteiger charge is -2.32. The molecule has 0 saturated heterocycles. The third-order valence-electron chi connectivity index (χ3n) is 3.54. The Balaban J connectivity index is 2.07. The van der Waals surface area contributed by atoms with Crippen LogP contribution in [0.1, 0.15) is 21.9 Å². The van der Waals surface area contributed by atoms with Crippen molar-refractivity contribution in [1.82, 2.24) is 20.3 Å². The molecule has 6 nitrogen and oxygen atoms in total. The summed E-state index contributed by atoms with van der Waals surface area (Å²) >= 11 is 0. The predicted molar refractivity (Wildman–Crippen MR) is 88.0 cm³/mol. The third kappa shape index (κ3) is 3.00. The van der Waals surface area contributed by atoms with Crippen molar-refractivity contribution < 1.29 is 9.53 Å². The molecule has 0 radical (unpaired) electrons. The zero-order valence-corrected chi connectivity index (χ0v) is 13.1. The Hall–Kier alpha value is -3.12. The van der Waals surface area contributed by atoms with Gasteiger partial charge in [-0.2, -0.15) is 0 Å². The van der Waals surface area contributed by atoms with Crippen molar-refractivity contribution in [3.8, 4) is 0 Å². The summed E-state index contributed by atoms with van der Waals surface area (Å²) in [5.41, 5.74) is 0.0219. The van der Waals surface area contributed by atoms with E-state index in [9.17, 15) is 4.79 Å². The van der Waals surface area contributed by atoms with Crippen LogP contribution in [0.3, 0.4) is 0 Å². The van der Waals surface area contributed by atoms with Crippen LogP contribution in [-0.2, 0) is 10.5 Å². The van der Waals surface area contributed by atoms with Gasteiger partial charge in [0.2, 0.25) is 5.72 Å². The van der Waals surface area contributed by atoms with E-state index >= 15 is 0 Å². The molecule has 24 heavy (non-hydrogen) atoms. The van der Waals surface area contributed by atoms with Crippen LogP contribution in [0.25, 0.3) is 0 Å². The van der Waals surface area contributed by atoms with E-state index in [1.807, 2.05) is 12.1 Å². The summed E-state index contributed by atoms with van der Waals surface area (Å²) in [5.74, 6) is -0.381. The molecule has 0 spiro atoms. The minimum absolute atomic E-state index is 0.283. The van der Waals surface area contributed by atoms with Crippen LogP contribution in [0.4, 0.5) is 0 Å². The first-order valence-corrected chi connectivity index (χ1v) is 7.38. The molecule has 0 aromatic carbocycles. The number of hydrogen-bond acceptors (Lipinski definition) is 5. The molecule has 120 valence electrons. The zero-order chi connectivity index (χ0) is 16.8. The lowest BCUT2D eigenvalue weighted by molar-refractivity contribution is -0.0115. The van der Waals surface area contributed by atoms with Crippen molar-refractivity contribution in [3.05, 3.63) is 90.3 Å². The fourth-order valence-corrected chi connectivity index (χ4v) is 2.38. The highest BCUT2D eigenvalue weighted by Crippen LogP contribution is 2.27. The molecular weight excluding hydrogens is 304 g/mol. The predicted octanol–water partition coefficient (Wildman–Crippen LogP) is 2.15.